The Labute approximate surface area is 169 Å². The highest BCUT2D eigenvalue weighted by Gasteiger charge is 2.47. The van der Waals surface area contributed by atoms with Crippen molar-refractivity contribution in [1.29, 1.82) is 0 Å². The summed E-state index contributed by atoms with van der Waals surface area (Å²) in [6, 6.07) is 20.3. The van der Waals surface area contributed by atoms with E-state index in [-0.39, 0.29) is 17.4 Å². The van der Waals surface area contributed by atoms with E-state index in [1.807, 2.05) is 56.3 Å². The first kappa shape index (κ1) is 20.8. The van der Waals surface area contributed by atoms with Crippen LogP contribution in [0.1, 0.15) is 49.1 Å². The van der Waals surface area contributed by atoms with E-state index in [9.17, 15) is 4.57 Å². The highest BCUT2D eigenvalue weighted by atomic mass is 31.2. The minimum Gasteiger partial charge on any atom is -0.543 e. The van der Waals surface area contributed by atoms with Crippen LogP contribution < -0.4 is 5.09 Å². The van der Waals surface area contributed by atoms with Crippen LogP contribution >= 0.6 is 7.29 Å². The molecule has 0 saturated carbocycles. The van der Waals surface area contributed by atoms with E-state index in [0.717, 1.165) is 24.0 Å². The molecule has 1 fully saturated rings. The zero-order valence-corrected chi connectivity index (χ0v) is 17.8. The molecule has 1 heterocycles. The molecule has 0 radical (unpaired) electrons. The molecule has 2 aromatic carbocycles. The van der Waals surface area contributed by atoms with Crippen LogP contribution in [0.25, 0.3) is 0 Å². The Morgan fingerprint density at radius 1 is 1.11 bits per heavy atom. The zero-order valence-electron chi connectivity index (χ0n) is 16.9. The maximum absolute atomic E-state index is 14.5. The Morgan fingerprint density at radius 2 is 1.61 bits per heavy atom. The Kier molecular flexibility index (Phi) is 7.04. The van der Waals surface area contributed by atoms with Gasteiger partial charge in [-0.3, -0.25) is 5.09 Å². The second kappa shape index (κ2) is 9.49. The fourth-order valence-electron chi connectivity index (χ4n) is 4.10. The van der Waals surface area contributed by atoms with Gasteiger partial charge in [-0.2, -0.15) is 0 Å². The molecule has 148 valence electrons. The molecule has 0 spiro atoms. The Balaban J connectivity index is 1.94. The molecule has 0 aliphatic carbocycles. The maximum atomic E-state index is 14.5. The molecule has 1 unspecified atom stereocenters. The molecule has 0 amide bonds. The second-order valence-electron chi connectivity index (χ2n) is 7.18. The maximum Gasteiger partial charge on any atom is 0.326 e. The molecule has 1 saturated heterocycles. The van der Waals surface area contributed by atoms with E-state index >= 15 is 0 Å². The molecule has 6 heteroatoms. The van der Waals surface area contributed by atoms with Gasteiger partial charge in [0.1, 0.15) is 0 Å². The van der Waals surface area contributed by atoms with Gasteiger partial charge in [0, 0.05) is 12.1 Å². The minimum atomic E-state index is -2.78. The first-order valence-corrected chi connectivity index (χ1v) is 11.8. The smallest absolute Gasteiger partial charge is 0.326 e. The van der Waals surface area contributed by atoms with E-state index in [1.54, 1.807) is 8.05 Å². The first-order chi connectivity index (χ1) is 13.6. The van der Waals surface area contributed by atoms with E-state index in [1.165, 1.54) is 0 Å². The number of hydrogen-bond donors (Lipinski definition) is 1. The van der Waals surface area contributed by atoms with Crippen molar-refractivity contribution in [3.63, 3.8) is 0 Å². The summed E-state index contributed by atoms with van der Waals surface area (Å²) in [6.45, 7) is 4.45. The van der Waals surface area contributed by atoms with Gasteiger partial charge in [-0.15, -0.1) is 0 Å². The molecule has 3 atom stereocenters. The van der Waals surface area contributed by atoms with Gasteiger partial charge < -0.3 is 14.0 Å². The monoisotopic (exact) mass is 397 g/mol. The summed E-state index contributed by atoms with van der Waals surface area (Å²) in [5.74, 6) is 0.459. The average molecular weight is 397 g/mol. The molecule has 3 rings (SSSR count). The highest BCUT2D eigenvalue weighted by molar-refractivity contribution is 7.63. The summed E-state index contributed by atoms with van der Waals surface area (Å²) >= 11 is 0. The van der Waals surface area contributed by atoms with Gasteiger partial charge in [0.15, 0.2) is 7.29 Å². The van der Waals surface area contributed by atoms with Crippen molar-refractivity contribution in [1.82, 2.24) is 5.09 Å². The largest absolute Gasteiger partial charge is 0.543 e. The van der Waals surface area contributed by atoms with Crippen LogP contribution in [0.4, 0.5) is 0 Å². The number of nitrogens with one attached hydrogen (secondary N) is 1. The summed E-state index contributed by atoms with van der Waals surface area (Å²) in [4.78, 5) is 0. The Bertz CT molecular complexity index is 777. The van der Waals surface area contributed by atoms with E-state index in [4.69, 9.17) is 9.39 Å². The lowest BCUT2D eigenvalue weighted by Gasteiger charge is -2.30. The van der Waals surface area contributed by atoms with Crippen LogP contribution in [0.15, 0.2) is 72.7 Å². The molecule has 0 aromatic heterocycles. The lowest BCUT2D eigenvalue weighted by molar-refractivity contribution is 0.120. The van der Waals surface area contributed by atoms with Gasteiger partial charge >= 0.3 is 8.05 Å². The molecule has 1 aliphatic rings. The highest BCUT2D eigenvalue weighted by Crippen LogP contribution is 2.74. The van der Waals surface area contributed by atoms with Gasteiger partial charge in [-0.25, -0.2) is 0 Å². The molecular weight excluding hydrogens is 368 g/mol. The van der Waals surface area contributed by atoms with Crippen LogP contribution in [0, 0.1) is 0 Å². The van der Waals surface area contributed by atoms with Crippen LogP contribution in [-0.4, -0.2) is 20.7 Å². The van der Waals surface area contributed by atoms with Crippen molar-refractivity contribution in [2.45, 2.75) is 44.0 Å². The third kappa shape index (κ3) is 4.53. The van der Waals surface area contributed by atoms with Crippen LogP contribution in [0.5, 0.6) is 0 Å². The van der Waals surface area contributed by atoms with E-state index in [0.29, 0.717) is 12.6 Å². The standard InChI is InChI=1S/C22H29BNO3P/c1-3-26-22(27-23)16-17(2)24-28(25)20(18-10-6-4-7-11-18)14-15-21(28)19-12-8-5-9-13-19/h4-13,16-17,20-21H,3,14-15,23H2,1-2H3,(H,24,25)/b22-16-/t17?,20-,21-/m0/s1. The third-order valence-electron chi connectivity index (χ3n) is 5.29. The predicted molar refractivity (Wildman–Crippen MR) is 117 cm³/mol. The summed E-state index contributed by atoms with van der Waals surface area (Å²) < 4.78 is 25.3. The van der Waals surface area contributed by atoms with Gasteiger partial charge in [0.2, 0.25) is 0 Å². The van der Waals surface area contributed by atoms with E-state index in [2.05, 4.69) is 29.4 Å². The molecular formula is C22H29BNO3P. The van der Waals surface area contributed by atoms with Crippen molar-refractivity contribution < 1.29 is 14.0 Å². The minimum absolute atomic E-state index is 0.00726. The van der Waals surface area contributed by atoms with Crippen molar-refractivity contribution in [2.24, 2.45) is 0 Å². The third-order valence-corrected chi connectivity index (χ3v) is 9.06. The average Bonchev–Trinajstić information content (AvgIpc) is 3.05. The summed E-state index contributed by atoms with van der Waals surface area (Å²) in [6.07, 6.45) is 3.69. The van der Waals surface area contributed by atoms with Gasteiger partial charge in [-0.1, -0.05) is 60.7 Å². The summed E-state index contributed by atoms with van der Waals surface area (Å²) in [5.41, 5.74) is 2.30. The van der Waals surface area contributed by atoms with Gasteiger partial charge in [0.05, 0.1) is 17.9 Å². The molecule has 0 bridgehead atoms. The molecule has 1 aliphatic heterocycles. The predicted octanol–water partition coefficient (Wildman–Crippen LogP) is 4.96. The number of ether oxygens (including phenoxy) is 1. The molecule has 4 nitrogen and oxygen atoms in total. The SMILES string of the molecule is BO/C(=C\C(C)NP1(=O)[C@H](c2ccccc2)CC[C@H]1c1ccccc1)OCC. The normalized spacial score (nSPS) is 22.6. The number of benzene rings is 2. The van der Waals surface area contributed by atoms with Crippen LogP contribution in [-0.2, 0) is 14.0 Å². The summed E-state index contributed by atoms with van der Waals surface area (Å²) in [5, 5.41) is 3.49. The zero-order chi connectivity index (χ0) is 20.0. The second-order valence-corrected chi connectivity index (χ2v) is 10.1. The summed E-state index contributed by atoms with van der Waals surface area (Å²) in [7, 11) is -1.19. The number of hydrogen-bond acceptors (Lipinski definition) is 3. The fraction of sp³-hybridized carbons (Fsp3) is 0.364. The Hall–Kier alpha value is -1.97. The van der Waals surface area contributed by atoms with Gasteiger partial charge in [-0.05, 0) is 37.8 Å². The van der Waals surface area contributed by atoms with Crippen molar-refractivity contribution in [3.05, 3.63) is 83.8 Å². The molecule has 1 N–H and O–H groups in total. The van der Waals surface area contributed by atoms with Gasteiger partial charge in [0.25, 0.3) is 5.95 Å². The molecule has 28 heavy (non-hydrogen) atoms. The van der Waals surface area contributed by atoms with Crippen molar-refractivity contribution >= 4 is 15.3 Å². The number of rotatable bonds is 8. The fourth-order valence-corrected chi connectivity index (χ4v) is 7.90. The quantitative estimate of drug-likeness (QED) is 0.389. The first-order valence-electron chi connectivity index (χ1n) is 9.94. The van der Waals surface area contributed by atoms with Crippen LogP contribution in [0.3, 0.4) is 0 Å². The topological polar surface area (TPSA) is 47.6 Å². The van der Waals surface area contributed by atoms with Crippen molar-refractivity contribution in [2.75, 3.05) is 6.61 Å². The lowest BCUT2D eigenvalue weighted by Crippen LogP contribution is -2.25. The molecule has 2 aromatic rings. The van der Waals surface area contributed by atoms with Crippen LogP contribution in [0.2, 0.25) is 0 Å². The lowest BCUT2D eigenvalue weighted by atomic mass is 10.0. The Morgan fingerprint density at radius 3 is 2.04 bits per heavy atom. The van der Waals surface area contributed by atoms with E-state index < -0.39 is 7.29 Å². The van der Waals surface area contributed by atoms with Crippen molar-refractivity contribution in [3.8, 4) is 0 Å².